The van der Waals surface area contributed by atoms with E-state index in [1.807, 2.05) is 0 Å². The summed E-state index contributed by atoms with van der Waals surface area (Å²) in [5.41, 5.74) is -0.523. The fourth-order valence-corrected chi connectivity index (χ4v) is 1.20. The van der Waals surface area contributed by atoms with E-state index >= 15 is 0 Å². The molecule has 1 heterocycles. The average Bonchev–Trinajstić information content (AvgIpc) is 2.15. The summed E-state index contributed by atoms with van der Waals surface area (Å²) in [7, 11) is 0. The molecule has 0 aliphatic rings. The molecule has 0 aliphatic carbocycles. The zero-order chi connectivity index (χ0) is 12.0. The normalized spacial score (nSPS) is 10.2. The lowest BCUT2D eigenvalue weighted by Gasteiger charge is -2.02. The Hall–Kier alpha value is -1.89. The molecule has 0 bridgehead atoms. The van der Waals surface area contributed by atoms with E-state index in [2.05, 4.69) is 15.3 Å². The van der Waals surface area contributed by atoms with Gasteiger partial charge in [-0.05, 0) is 13.0 Å². The van der Waals surface area contributed by atoms with Gasteiger partial charge in [0.15, 0.2) is 0 Å². The van der Waals surface area contributed by atoms with Crippen molar-refractivity contribution in [1.82, 2.24) is 15.3 Å². The highest BCUT2D eigenvalue weighted by Gasteiger charge is 1.98. The van der Waals surface area contributed by atoms with Gasteiger partial charge in [0.2, 0.25) is 0 Å². The van der Waals surface area contributed by atoms with Gasteiger partial charge in [0.1, 0.15) is 0 Å². The summed E-state index contributed by atoms with van der Waals surface area (Å²) in [6.45, 7) is 0.847. The maximum Gasteiger partial charge on any atom is 0.325 e. The number of nitrogens with one attached hydrogen (secondary N) is 3. The second kappa shape index (κ2) is 5.86. The Morgan fingerprint density at radius 3 is 2.75 bits per heavy atom. The van der Waals surface area contributed by atoms with Gasteiger partial charge in [0.25, 0.3) is 5.56 Å². The minimum absolute atomic E-state index is 0.0961. The van der Waals surface area contributed by atoms with Gasteiger partial charge in [-0.2, -0.15) is 0 Å². The molecule has 0 amide bonds. The van der Waals surface area contributed by atoms with Crippen molar-refractivity contribution in [1.29, 1.82) is 0 Å². The van der Waals surface area contributed by atoms with Gasteiger partial charge in [0, 0.05) is 24.7 Å². The fourth-order valence-electron chi connectivity index (χ4n) is 1.20. The number of H-pyrrole nitrogens is 2. The highest BCUT2D eigenvalue weighted by atomic mass is 16.4. The number of aliphatic carboxylic acids is 1. The largest absolute Gasteiger partial charge is 0.481 e. The van der Waals surface area contributed by atoms with Crippen LogP contribution < -0.4 is 16.6 Å². The van der Waals surface area contributed by atoms with E-state index in [-0.39, 0.29) is 6.42 Å². The third kappa shape index (κ3) is 4.56. The second-order valence-corrected chi connectivity index (χ2v) is 3.29. The van der Waals surface area contributed by atoms with Gasteiger partial charge in [-0.1, -0.05) is 0 Å². The first kappa shape index (κ1) is 12.2. The van der Waals surface area contributed by atoms with Crippen LogP contribution in [-0.4, -0.2) is 27.6 Å². The molecule has 1 aromatic rings. The quantitative estimate of drug-likeness (QED) is 0.466. The van der Waals surface area contributed by atoms with Gasteiger partial charge in [-0.3, -0.25) is 14.6 Å². The summed E-state index contributed by atoms with van der Waals surface area (Å²) in [6, 6.07) is 1.28. The number of aromatic nitrogens is 2. The lowest BCUT2D eigenvalue weighted by Crippen LogP contribution is -2.26. The van der Waals surface area contributed by atoms with Crippen LogP contribution in [-0.2, 0) is 11.3 Å². The Balaban J connectivity index is 2.35. The van der Waals surface area contributed by atoms with Crippen molar-refractivity contribution in [2.75, 3.05) is 6.54 Å². The second-order valence-electron chi connectivity index (χ2n) is 3.29. The number of carboxylic acids is 1. The van der Waals surface area contributed by atoms with E-state index < -0.39 is 17.2 Å². The Morgan fingerprint density at radius 1 is 1.38 bits per heavy atom. The Morgan fingerprint density at radius 2 is 2.12 bits per heavy atom. The molecule has 0 aromatic carbocycles. The first-order valence-electron chi connectivity index (χ1n) is 4.83. The minimum atomic E-state index is -0.841. The maximum absolute atomic E-state index is 10.9. The van der Waals surface area contributed by atoms with Crippen LogP contribution in [0.1, 0.15) is 18.5 Å². The number of carbonyl (C=O) groups is 1. The van der Waals surface area contributed by atoms with Gasteiger partial charge in [-0.25, -0.2) is 4.79 Å². The summed E-state index contributed by atoms with van der Waals surface area (Å²) in [6.07, 6.45) is 0.599. The third-order valence-corrected chi connectivity index (χ3v) is 1.88. The topological polar surface area (TPSA) is 115 Å². The monoisotopic (exact) mass is 227 g/mol. The van der Waals surface area contributed by atoms with Gasteiger partial charge in [0.05, 0.1) is 0 Å². The number of carboxylic acid groups (broad SMARTS) is 1. The van der Waals surface area contributed by atoms with Gasteiger partial charge < -0.3 is 15.4 Å². The van der Waals surface area contributed by atoms with Crippen LogP contribution in [0.5, 0.6) is 0 Å². The molecule has 0 unspecified atom stereocenters. The van der Waals surface area contributed by atoms with Crippen molar-refractivity contribution in [3.8, 4) is 0 Å². The molecule has 88 valence electrons. The zero-order valence-electron chi connectivity index (χ0n) is 8.58. The molecule has 7 heteroatoms. The lowest BCUT2D eigenvalue weighted by molar-refractivity contribution is -0.137. The molecule has 7 nitrogen and oxygen atoms in total. The summed E-state index contributed by atoms with van der Waals surface area (Å²) >= 11 is 0. The molecule has 0 radical (unpaired) electrons. The fraction of sp³-hybridized carbons (Fsp3) is 0.444. The van der Waals surface area contributed by atoms with Crippen molar-refractivity contribution < 1.29 is 9.90 Å². The summed E-state index contributed by atoms with van der Waals surface area (Å²) in [5, 5.41) is 11.3. The summed E-state index contributed by atoms with van der Waals surface area (Å²) < 4.78 is 0. The van der Waals surface area contributed by atoms with Crippen LogP contribution >= 0.6 is 0 Å². The first-order chi connectivity index (χ1) is 7.58. The average molecular weight is 227 g/mol. The number of rotatable bonds is 6. The van der Waals surface area contributed by atoms with E-state index in [1.54, 1.807) is 0 Å². The van der Waals surface area contributed by atoms with Gasteiger partial charge in [-0.15, -0.1) is 0 Å². The zero-order valence-corrected chi connectivity index (χ0v) is 8.58. The first-order valence-corrected chi connectivity index (χ1v) is 4.83. The molecule has 1 rings (SSSR count). The van der Waals surface area contributed by atoms with Gasteiger partial charge >= 0.3 is 11.7 Å². The van der Waals surface area contributed by atoms with Crippen molar-refractivity contribution in [2.45, 2.75) is 19.4 Å². The van der Waals surface area contributed by atoms with Crippen LogP contribution in [0.3, 0.4) is 0 Å². The summed E-state index contributed by atoms with van der Waals surface area (Å²) in [4.78, 5) is 36.5. The highest BCUT2D eigenvalue weighted by molar-refractivity contribution is 5.66. The van der Waals surface area contributed by atoms with E-state index in [9.17, 15) is 14.4 Å². The SMILES string of the molecule is O=C(O)CCCNCc1cc(=O)[nH]c(=O)[nH]1. The number of hydrogen-bond acceptors (Lipinski definition) is 4. The smallest absolute Gasteiger partial charge is 0.325 e. The highest BCUT2D eigenvalue weighted by Crippen LogP contribution is 1.88. The van der Waals surface area contributed by atoms with Crippen molar-refractivity contribution >= 4 is 5.97 Å². The van der Waals surface area contributed by atoms with Crippen molar-refractivity contribution in [2.24, 2.45) is 0 Å². The van der Waals surface area contributed by atoms with E-state index in [0.29, 0.717) is 25.2 Å². The van der Waals surface area contributed by atoms with Crippen LogP contribution in [0.4, 0.5) is 0 Å². The number of hydrogen-bond donors (Lipinski definition) is 4. The molecular formula is C9H13N3O4. The van der Waals surface area contributed by atoms with Crippen molar-refractivity contribution in [3.63, 3.8) is 0 Å². The van der Waals surface area contributed by atoms with E-state index in [1.165, 1.54) is 6.07 Å². The standard InChI is InChI=1S/C9H13N3O4/c13-7-4-6(11-9(16)12-7)5-10-3-1-2-8(14)15/h4,10H,1-3,5H2,(H,14,15)(H2,11,12,13,16). The molecule has 0 spiro atoms. The molecule has 0 saturated heterocycles. The van der Waals surface area contributed by atoms with E-state index in [4.69, 9.17) is 5.11 Å². The molecule has 0 aliphatic heterocycles. The molecule has 0 atom stereocenters. The predicted octanol–water partition coefficient (Wildman–Crippen LogP) is -0.982. The third-order valence-electron chi connectivity index (χ3n) is 1.88. The van der Waals surface area contributed by atoms with Crippen molar-refractivity contribution in [3.05, 3.63) is 32.6 Å². The molecule has 0 fully saturated rings. The summed E-state index contributed by atoms with van der Waals surface area (Å²) in [5.74, 6) is -0.841. The Kier molecular flexibility index (Phi) is 4.46. The molecule has 16 heavy (non-hydrogen) atoms. The lowest BCUT2D eigenvalue weighted by atomic mass is 10.3. The molecule has 4 N–H and O–H groups in total. The molecule has 0 saturated carbocycles. The van der Waals surface area contributed by atoms with Crippen LogP contribution in [0, 0.1) is 0 Å². The van der Waals surface area contributed by atoms with E-state index in [0.717, 1.165) is 0 Å². The Labute approximate surface area is 90.5 Å². The molecular weight excluding hydrogens is 214 g/mol. The minimum Gasteiger partial charge on any atom is -0.481 e. The van der Waals surface area contributed by atoms with Crippen LogP contribution in [0.25, 0.3) is 0 Å². The molecule has 1 aromatic heterocycles. The Bertz CT molecular complexity index is 434. The predicted molar refractivity (Wildman–Crippen MR) is 56.3 cm³/mol. The number of aromatic amines is 2. The maximum atomic E-state index is 10.9. The van der Waals surface area contributed by atoms with Crippen LogP contribution in [0.15, 0.2) is 15.7 Å². The van der Waals surface area contributed by atoms with Crippen LogP contribution in [0.2, 0.25) is 0 Å².